The first-order valence-corrected chi connectivity index (χ1v) is 6.26. The third-order valence-corrected chi connectivity index (χ3v) is 3.12. The zero-order valence-electron chi connectivity index (χ0n) is 10.2. The molecule has 0 N–H and O–H groups in total. The third kappa shape index (κ3) is 5.17. The lowest BCUT2D eigenvalue weighted by Gasteiger charge is -2.21. The van der Waals surface area contributed by atoms with Gasteiger partial charge in [0.25, 0.3) is 0 Å². The molecule has 0 aromatic heterocycles. The summed E-state index contributed by atoms with van der Waals surface area (Å²) in [6, 6.07) is 0. The fraction of sp³-hybridized carbons (Fsp3) is 0.714. The molecule has 1 aliphatic heterocycles. The minimum Gasteiger partial charge on any atom is -0.381 e. The van der Waals surface area contributed by atoms with E-state index in [1.54, 1.807) is 0 Å². The average Bonchev–Trinajstić information content (AvgIpc) is 2.31. The Morgan fingerprint density at radius 3 is 2.67 bits per heavy atom. The maximum absolute atomic E-state index is 5.37. The quantitative estimate of drug-likeness (QED) is 0.618. The Kier molecular flexibility index (Phi) is 6.42. The molecule has 1 fully saturated rings. The maximum Gasteiger partial charge on any atom is 0.0468 e. The van der Waals surface area contributed by atoms with E-state index < -0.39 is 0 Å². The molecule has 15 heavy (non-hydrogen) atoms. The van der Waals surface area contributed by atoms with Crippen molar-refractivity contribution < 1.29 is 4.74 Å². The molecule has 0 aliphatic carbocycles. The molecule has 0 saturated carbocycles. The van der Waals surface area contributed by atoms with Crippen LogP contribution in [-0.2, 0) is 4.74 Å². The Labute approximate surface area is 94.2 Å². The smallest absolute Gasteiger partial charge is 0.0468 e. The molecule has 0 spiro atoms. The van der Waals surface area contributed by atoms with Crippen LogP contribution in [0.2, 0.25) is 0 Å². The van der Waals surface area contributed by atoms with Crippen molar-refractivity contribution in [3.05, 3.63) is 23.8 Å². The van der Waals surface area contributed by atoms with Gasteiger partial charge in [-0.3, -0.25) is 0 Å². The van der Waals surface area contributed by atoms with Crippen molar-refractivity contribution in [1.82, 2.24) is 0 Å². The van der Waals surface area contributed by atoms with Crippen molar-refractivity contribution in [2.24, 2.45) is 5.92 Å². The summed E-state index contributed by atoms with van der Waals surface area (Å²) in [5.41, 5.74) is 1.49. The van der Waals surface area contributed by atoms with Gasteiger partial charge in [0.15, 0.2) is 0 Å². The molecule has 0 radical (unpaired) electrons. The van der Waals surface area contributed by atoms with E-state index in [1.165, 1.54) is 31.3 Å². The Morgan fingerprint density at radius 2 is 2.07 bits per heavy atom. The second kappa shape index (κ2) is 7.70. The summed E-state index contributed by atoms with van der Waals surface area (Å²) in [7, 11) is 0. The number of ether oxygens (including phenoxy) is 1. The van der Waals surface area contributed by atoms with Crippen molar-refractivity contribution in [2.45, 2.75) is 46.0 Å². The van der Waals surface area contributed by atoms with E-state index in [-0.39, 0.29) is 0 Å². The van der Waals surface area contributed by atoms with Gasteiger partial charge in [0.2, 0.25) is 0 Å². The van der Waals surface area contributed by atoms with Crippen LogP contribution in [0, 0.1) is 5.92 Å². The van der Waals surface area contributed by atoms with Gasteiger partial charge in [0.05, 0.1) is 0 Å². The minimum atomic E-state index is 0.892. The molecular formula is C14H24O. The highest BCUT2D eigenvalue weighted by molar-refractivity contribution is 5.17. The van der Waals surface area contributed by atoms with E-state index in [0.717, 1.165) is 25.6 Å². The Balaban J connectivity index is 2.24. The van der Waals surface area contributed by atoms with Gasteiger partial charge < -0.3 is 4.74 Å². The van der Waals surface area contributed by atoms with Gasteiger partial charge in [0, 0.05) is 13.2 Å². The van der Waals surface area contributed by atoms with Crippen molar-refractivity contribution in [3.63, 3.8) is 0 Å². The monoisotopic (exact) mass is 208 g/mol. The molecule has 0 atom stereocenters. The molecule has 0 amide bonds. The van der Waals surface area contributed by atoms with Crippen LogP contribution in [0.1, 0.15) is 46.0 Å². The van der Waals surface area contributed by atoms with E-state index in [9.17, 15) is 0 Å². The van der Waals surface area contributed by atoms with Gasteiger partial charge >= 0.3 is 0 Å². The molecule has 0 aromatic carbocycles. The summed E-state index contributed by atoms with van der Waals surface area (Å²) in [5.74, 6) is 0.892. The van der Waals surface area contributed by atoms with E-state index in [1.807, 2.05) is 0 Å². The number of hydrogen-bond donors (Lipinski definition) is 0. The van der Waals surface area contributed by atoms with Crippen LogP contribution in [0.15, 0.2) is 23.8 Å². The first kappa shape index (κ1) is 12.5. The van der Waals surface area contributed by atoms with Gasteiger partial charge in [-0.2, -0.15) is 0 Å². The first-order chi connectivity index (χ1) is 7.36. The Bertz CT molecular complexity index is 209. The van der Waals surface area contributed by atoms with Gasteiger partial charge in [-0.15, -0.1) is 0 Å². The predicted molar refractivity (Wildman–Crippen MR) is 66.0 cm³/mol. The molecule has 1 heteroatoms. The zero-order valence-corrected chi connectivity index (χ0v) is 10.2. The molecule has 0 unspecified atom stereocenters. The number of rotatable bonds is 5. The van der Waals surface area contributed by atoms with E-state index in [2.05, 4.69) is 32.1 Å². The molecule has 1 heterocycles. The lowest BCUT2D eigenvalue weighted by molar-refractivity contribution is 0.0641. The van der Waals surface area contributed by atoms with Crippen molar-refractivity contribution in [1.29, 1.82) is 0 Å². The molecule has 86 valence electrons. The molecule has 1 saturated heterocycles. The van der Waals surface area contributed by atoms with Crippen LogP contribution in [0.3, 0.4) is 0 Å². The number of allylic oxidation sites excluding steroid dienone is 4. The summed E-state index contributed by atoms with van der Waals surface area (Å²) in [6.45, 7) is 6.27. The first-order valence-electron chi connectivity index (χ1n) is 6.26. The van der Waals surface area contributed by atoms with Crippen molar-refractivity contribution in [3.8, 4) is 0 Å². The minimum absolute atomic E-state index is 0.892. The molecule has 0 aromatic rings. The lowest BCUT2D eigenvalue weighted by Crippen LogP contribution is -2.15. The SMILES string of the molecule is C/C=C(\C=C/CC)CCC1CCOCC1. The van der Waals surface area contributed by atoms with Crippen LogP contribution in [0.5, 0.6) is 0 Å². The lowest BCUT2D eigenvalue weighted by atomic mass is 9.92. The van der Waals surface area contributed by atoms with E-state index in [0.29, 0.717) is 0 Å². The van der Waals surface area contributed by atoms with Crippen molar-refractivity contribution >= 4 is 0 Å². The molecule has 1 aliphatic rings. The molecule has 1 nitrogen and oxygen atoms in total. The fourth-order valence-corrected chi connectivity index (χ4v) is 2.00. The summed E-state index contributed by atoms with van der Waals surface area (Å²) >= 11 is 0. The second-order valence-electron chi connectivity index (χ2n) is 4.27. The summed E-state index contributed by atoms with van der Waals surface area (Å²) in [5, 5.41) is 0. The van der Waals surface area contributed by atoms with E-state index >= 15 is 0 Å². The standard InChI is InChI=1S/C14H24O/c1-3-5-6-13(4-2)7-8-14-9-11-15-12-10-14/h4-6,14H,3,7-12H2,1-2H3/b6-5-,13-4+. The normalized spacial score (nSPS) is 20.0. The number of hydrogen-bond acceptors (Lipinski definition) is 1. The van der Waals surface area contributed by atoms with Gasteiger partial charge in [-0.05, 0) is 44.9 Å². The van der Waals surface area contributed by atoms with Crippen molar-refractivity contribution in [2.75, 3.05) is 13.2 Å². The zero-order chi connectivity index (χ0) is 10.9. The summed E-state index contributed by atoms with van der Waals surface area (Å²) in [4.78, 5) is 0. The molecular weight excluding hydrogens is 184 g/mol. The highest BCUT2D eigenvalue weighted by atomic mass is 16.5. The van der Waals surface area contributed by atoms with Gasteiger partial charge in [0.1, 0.15) is 0 Å². The highest BCUT2D eigenvalue weighted by Gasteiger charge is 2.13. The van der Waals surface area contributed by atoms with E-state index in [4.69, 9.17) is 4.74 Å². The van der Waals surface area contributed by atoms with Crippen LogP contribution < -0.4 is 0 Å². The Hall–Kier alpha value is -0.560. The fourth-order valence-electron chi connectivity index (χ4n) is 2.00. The maximum atomic E-state index is 5.37. The topological polar surface area (TPSA) is 9.23 Å². The highest BCUT2D eigenvalue weighted by Crippen LogP contribution is 2.22. The van der Waals surface area contributed by atoms with Gasteiger partial charge in [-0.1, -0.05) is 30.7 Å². The van der Waals surface area contributed by atoms with Crippen LogP contribution in [-0.4, -0.2) is 13.2 Å². The second-order valence-corrected chi connectivity index (χ2v) is 4.27. The summed E-state index contributed by atoms with van der Waals surface area (Å²) in [6.07, 6.45) is 13.0. The average molecular weight is 208 g/mol. The summed E-state index contributed by atoms with van der Waals surface area (Å²) < 4.78 is 5.37. The Morgan fingerprint density at radius 1 is 1.33 bits per heavy atom. The third-order valence-electron chi connectivity index (χ3n) is 3.12. The van der Waals surface area contributed by atoms with Gasteiger partial charge in [-0.25, -0.2) is 0 Å². The molecule has 1 rings (SSSR count). The largest absolute Gasteiger partial charge is 0.381 e. The molecule has 0 bridgehead atoms. The van der Waals surface area contributed by atoms with Crippen LogP contribution in [0.25, 0.3) is 0 Å². The van der Waals surface area contributed by atoms with Crippen LogP contribution >= 0.6 is 0 Å². The van der Waals surface area contributed by atoms with Crippen LogP contribution in [0.4, 0.5) is 0 Å². The predicted octanol–water partition coefficient (Wildman–Crippen LogP) is 4.11.